The maximum atomic E-state index is 14.4. The molecule has 1 N–H and O–H groups in total. The zero-order chi connectivity index (χ0) is 18.8. The van der Waals surface area contributed by atoms with Crippen LogP contribution in [0.4, 0.5) is 10.2 Å². The van der Waals surface area contributed by atoms with E-state index in [4.69, 9.17) is 0 Å². The van der Waals surface area contributed by atoms with E-state index in [-0.39, 0.29) is 11.9 Å². The van der Waals surface area contributed by atoms with Gasteiger partial charge in [0.05, 0.1) is 6.20 Å². The molecule has 3 heterocycles. The number of hydrogen-bond acceptors (Lipinski definition) is 6. The lowest BCUT2D eigenvalue weighted by Crippen LogP contribution is -2.32. The van der Waals surface area contributed by atoms with Gasteiger partial charge in [-0.25, -0.2) is 24.3 Å². The van der Waals surface area contributed by atoms with E-state index in [1.165, 1.54) is 40.9 Å². The highest BCUT2D eigenvalue weighted by Gasteiger charge is 2.25. The first kappa shape index (κ1) is 18.9. The van der Waals surface area contributed by atoms with Crippen molar-refractivity contribution in [2.45, 2.75) is 45.1 Å². The molecular formula is C18H20FIN6S. The highest BCUT2D eigenvalue weighted by atomic mass is 127. The molecule has 1 unspecified atom stereocenters. The summed E-state index contributed by atoms with van der Waals surface area (Å²) in [5.74, 6) is 0.904. The number of rotatable bonds is 5. The summed E-state index contributed by atoms with van der Waals surface area (Å²) >= 11 is 2.20. The molecule has 3 aromatic rings. The fraction of sp³-hybridized carbons (Fsp3) is 0.444. The van der Waals surface area contributed by atoms with Crippen LogP contribution in [0.2, 0.25) is 0 Å². The summed E-state index contributed by atoms with van der Waals surface area (Å²) in [6.45, 7) is 2.20. The van der Waals surface area contributed by atoms with Crippen LogP contribution in [0.3, 0.4) is 0 Å². The SMILES string of the molecule is CC[C@H]1CCCCC1Nc1nc(-c2cn(SI)c3ncncc23)ncc1F. The molecule has 6 nitrogen and oxygen atoms in total. The predicted octanol–water partition coefficient (Wildman–Crippen LogP) is 5.25. The number of hydrogen-bond donors (Lipinski definition) is 1. The van der Waals surface area contributed by atoms with Gasteiger partial charge in [-0.15, -0.1) is 0 Å². The Labute approximate surface area is 173 Å². The zero-order valence-corrected chi connectivity index (χ0v) is 17.9. The van der Waals surface area contributed by atoms with E-state index in [9.17, 15) is 4.39 Å². The molecule has 3 aromatic heterocycles. The maximum Gasteiger partial charge on any atom is 0.183 e. The number of anilines is 1. The third-order valence-electron chi connectivity index (χ3n) is 5.25. The third-order valence-corrected chi connectivity index (χ3v) is 6.95. The molecule has 0 aliphatic heterocycles. The van der Waals surface area contributed by atoms with Crippen molar-refractivity contribution < 1.29 is 4.39 Å². The number of halogens is 2. The van der Waals surface area contributed by atoms with Gasteiger partial charge in [-0.05, 0) is 18.8 Å². The number of aromatic nitrogens is 5. The molecule has 1 aliphatic carbocycles. The molecule has 142 valence electrons. The second kappa shape index (κ2) is 8.26. The molecule has 0 aromatic carbocycles. The summed E-state index contributed by atoms with van der Waals surface area (Å²) in [7, 11) is 1.50. The van der Waals surface area contributed by atoms with Crippen LogP contribution in [0.15, 0.2) is 24.9 Å². The van der Waals surface area contributed by atoms with Crippen molar-refractivity contribution in [3.05, 3.63) is 30.7 Å². The van der Waals surface area contributed by atoms with Gasteiger partial charge in [-0.3, -0.25) is 3.97 Å². The van der Waals surface area contributed by atoms with Crippen molar-refractivity contribution in [3.8, 4) is 11.4 Å². The minimum atomic E-state index is -0.414. The summed E-state index contributed by atoms with van der Waals surface area (Å²) in [5, 5.41) is 4.21. The van der Waals surface area contributed by atoms with Gasteiger partial charge in [0.1, 0.15) is 6.33 Å². The monoisotopic (exact) mass is 498 g/mol. The Kier molecular flexibility index (Phi) is 5.76. The Hall–Kier alpha value is -1.49. The lowest BCUT2D eigenvalue weighted by molar-refractivity contribution is 0.316. The van der Waals surface area contributed by atoms with Crippen LogP contribution in [-0.2, 0) is 0 Å². The second-order valence-electron chi connectivity index (χ2n) is 6.79. The van der Waals surface area contributed by atoms with Crippen LogP contribution in [0.5, 0.6) is 0 Å². The Morgan fingerprint density at radius 1 is 1.30 bits per heavy atom. The van der Waals surface area contributed by atoms with Crippen molar-refractivity contribution in [2.24, 2.45) is 5.92 Å². The average molecular weight is 498 g/mol. The summed E-state index contributed by atoms with van der Waals surface area (Å²) in [4.78, 5) is 17.2. The predicted molar refractivity (Wildman–Crippen MR) is 115 cm³/mol. The van der Waals surface area contributed by atoms with Crippen LogP contribution >= 0.6 is 30.3 Å². The van der Waals surface area contributed by atoms with Crippen molar-refractivity contribution in [1.82, 2.24) is 23.9 Å². The summed E-state index contributed by atoms with van der Waals surface area (Å²) < 4.78 is 16.4. The minimum Gasteiger partial charge on any atom is -0.365 e. The quantitative estimate of drug-likeness (QED) is 0.485. The molecule has 2 atom stereocenters. The molecule has 0 radical (unpaired) electrons. The van der Waals surface area contributed by atoms with E-state index in [0.717, 1.165) is 29.4 Å². The standard InChI is InChI=1S/C18H20FIN6S/c1-2-11-5-3-4-6-15(11)24-17-14(19)8-22-16(25-17)13-9-26(27-20)18-12(13)7-21-10-23-18/h7-11,15H,2-6H2,1H3,(H,22,24,25)/t11-,15?/m0/s1. The minimum absolute atomic E-state index is 0.260. The van der Waals surface area contributed by atoms with Crippen LogP contribution in [0.1, 0.15) is 39.0 Å². The van der Waals surface area contributed by atoms with Gasteiger partial charge in [0.15, 0.2) is 23.1 Å². The first-order chi connectivity index (χ1) is 13.2. The van der Waals surface area contributed by atoms with E-state index < -0.39 is 5.82 Å². The van der Waals surface area contributed by atoms with Crippen LogP contribution < -0.4 is 5.32 Å². The van der Waals surface area contributed by atoms with Gasteiger partial charge in [0.2, 0.25) is 0 Å². The number of fused-ring (bicyclic) bond motifs is 1. The lowest BCUT2D eigenvalue weighted by Gasteiger charge is -2.32. The number of nitrogens with zero attached hydrogens (tertiary/aromatic N) is 5. The Balaban J connectivity index is 1.71. The molecule has 0 spiro atoms. The number of nitrogens with one attached hydrogen (secondary N) is 1. The van der Waals surface area contributed by atoms with E-state index in [1.807, 2.05) is 10.2 Å². The molecule has 0 bridgehead atoms. The van der Waals surface area contributed by atoms with Gasteiger partial charge < -0.3 is 5.32 Å². The molecule has 0 amide bonds. The van der Waals surface area contributed by atoms with Crippen molar-refractivity contribution >= 4 is 47.2 Å². The highest BCUT2D eigenvalue weighted by Crippen LogP contribution is 2.33. The van der Waals surface area contributed by atoms with Crippen molar-refractivity contribution in [2.75, 3.05) is 5.32 Å². The highest BCUT2D eigenvalue weighted by molar-refractivity contribution is 14.2. The van der Waals surface area contributed by atoms with Gasteiger partial charge in [-0.1, -0.05) is 26.2 Å². The molecule has 27 heavy (non-hydrogen) atoms. The zero-order valence-electron chi connectivity index (χ0n) is 14.9. The Morgan fingerprint density at radius 3 is 2.96 bits per heavy atom. The van der Waals surface area contributed by atoms with Gasteiger partial charge in [0.25, 0.3) is 0 Å². The van der Waals surface area contributed by atoms with Crippen LogP contribution in [0, 0.1) is 11.7 Å². The Bertz CT molecular complexity index is 949. The van der Waals surface area contributed by atoms with E-state index >= 15 is 0 Å². The molecular weight excluding hydrogens is 478 g/mol. The topological polar surface area (TPSA) is 68.5 Å². The molecule has 0 saturated heterocycles. The van der Waals surface area contributed by atoms with Crippen LogP contribution in [-0.4, -0.2) is 30.0 Å². The molecule has 1 aliphatic rings. The third kappa shape index (κ3) is 3.75. The van der Waals surface area contributed by atoms with Crippen molar-refractivity contribution in [3.63, 3.8) is 0 Å². The fourth-order valence-corrected chi connectivity index (χ4v) is 5.08. The summed E-state index contributed by atoms with van der Waals surface area (Å²) in [6.07, 6.45) is 12.2. The van der Waals surface area contributed by atoms with Gasteiger partial charge >= 0.3 is 0 Å². The van der Waals surface area contributed by atoms with Gasteiger partial charge in [0, 0.05) is 59.7 Å². The van der Waals surface area contributed by atoms with E-state index in [1.54, 1.807) is 6.20 Å². The summed E-state index contributed by atoms with van der Waals surface area (Å²) in [6, 6.07) is 0.260. The van der Waals surface area contributed by atoms with Crippen LogP contribution in [0.25, 0.3) is 22.4 Å². The van der Waals surface area contributed by atoms with E-state index in [0.29, 0.717) is 11.7 Å². The molecule has 9 heteroatoms. The molecule has 1 saturated carbocycles. The van der Waals surface area contributed by atoms with Crippen molar-refractivity contribution in [1.29, 1.82) is 0 Å². The van der Waals surface area contributed by atoms with E-state index in [2.05, 4.69) is 53.4 Å². The fourth-order valence-electron chi connectivity index (χ4n) is 3.83. The molecule has 4 rings (SSSR count). The lowest BCUT2D eigenvalue weighted by atomic mass is 9.83. The normalized spacial score (nSPS) is 20.1. The van der Waals surface area contributed by atoms with Gasteiger partial charge in [-0.2, -0.15) is 0 Å². The first-order valence-electron chi connectivity index (χ1n) is 9.10. The maximum absolute atomic E-state index is 14.4. The smallest absolute Gasteiger partial charge is 0.183 e. The summed E-state index contributed by atoms with van der Waals surface area (Å²) in [5.41, 5.74) is 1.59. The first-order valence-corrected chi connectivity index (χ1v) is 12.4. The second-order valence-corrected chi connectivity index (χ2v) is 8.50. The Morgan fingerprint density at radius 2 is 2.15 bits per heavy atom. The molecule has 1 fully saturated rings. The average Bonchev–Trinajstić information content (AvgIpc) is 3.09. The largest absolute Gasteiger partial charge is 0.365 e.